The van der Waals surface area contributed by atoms with Gasteiger partial charge in [0.2, 0.25) is 0 Å². The molecule has 0 saturated heterocycles. The minimum Gasteiger partial charge on any atom is -0.0599 e. The molecule has 2 atom stereocenters. The van der Waals surface area contributed by atoms with Crippen LogP contribution in [0.25, 0.3) is 0 Å². The van der Waals surface area contributed by atoms with E-state index in [9.17, 15) is 0 Å². The highest BCUT2D eigenvalue weighted by Gasteiger charge is 2.47. The highest BCUT2D eigenvalue weighted by atomic mass is 14.5. The second kappa shape index (κ2) is 4.59. The van der Waals surface area contributed by atoms with Crippen LogP contribution in [0.5, 0.6) is 0 Å². The zero-order valence-corrected chi connectivity index (χ0v) is 12.6. The Balaban J connectivity index is 2.13. The van der Waals surface area contributed by atoms with Gasteiger partial charge in [0.1, 0.15) is 0 Å². The molecule has 0 aromatic heterocycles. The molecule has 0 aromatic rings. The fourth-order valence-corrected chi connectivity index (χ4v) is 4.36. The molecule has 2 fully saturated rings. The van der Waals surface area contributed by atoms with Gasteiger partial charge in [0.25, 0.3) is 0 Å². The molecule has 0 bridgehead atoms. The molecule has 0 radical (unpaired) electrons. The van der Waals surface area contributed by atoms with Crippen LogP contribution in [0, 0.1) is 16.2 Å². The molecule has 0 spiro atoms. The third kappa shape index (κ3) is 2.71. The van der Waals surface area contributed by atoms with Gasteiger partial charge in [0.15, 0.2) is 0 Å². The summed E-state index contributed by atoms with van der Waals surface area (Å²) in [4.78, 5) is 0. The van der Waals surface area contributed by atoms with Crippen molar-refractivity contribution in [2.24, 2.45) is 16.2 Å². The van der Waals surface area contributed by atoms with Gasteiger partial charge in [-0.05, 0) is 54.8 Å². The molecular weight excluding hydrogens is 204 g/mol. The largest absolute Gasteiger partial charge is 0.0599 e. The summed E-state index contributed by atoms with van der Waals surface area (Å²) in [5.74, 6) is 0. The van der Waals surface area contributed by atoms with E-state index in [0.29, 0.717) is 16.2 Å². The third-order valence-electron chi connectivity index (χ3n) is 6.35. The lowest BCUT2D eigenvalue weighted by atomic mass is 9.61. The van der Waals surface area contributed by atoms with Crippen molar-refractivity contribution in [3.8, 4) is 0 Å². The van der Waals surface area contributed by atoms with E-state index in [2.05, 4.69) is 27.7 Å². The van der Waals surface area contributed by atoms with Crippen molar-refractivity contribution in [2.45, 2.75) is 91.9 Å². The van der Waals surface area contributed by atoms with Crippen LogP contribution < -0.4 is 0 Å². The van der Waals surface area contributed by atoms with Crippen LogP contribution in [-0.2, 0) is 0 Å². The summed E-state index contributed by atoms with van der Waals surface area (Å²) in [5.41, 5.74) is 1.88. The first kappa shape index (κ1) is 13.4. The smallest absolute Gasteiger partial charge is 0.0272 e. The highest BCUT2D eigenvalue weighted by molar-refractivity contribution is 4.98. The topological polar surface area (TPSA) is 0 Å². The zero-order valence-electron chi connectivity index (χ0n) is 12.6. The van der Waals surface area contributed by atoms with Crippen molar-refractivity contribution in [1.82, 2.24) is 0 Å². The highest BCUT2D eigenvalue weighted by Crippen LogP contribution is 2.59. The van der Waals surface area contributed by atoms with E-state index in [0.717, 1.165) is 0 Å². The molecule has 2 saturated carbocycles. The predicted octanol–water partition coefficient (Wildman–Crippen LogP) is 5.95. The lowest BCUT2D eigenvalue weighted by Crippen LogP contribution is -2.34. The molecular formula is C17H32. The Morgan fingerprint density at radius 2 is 1.00 bits per heavy atom. The Kier molecular flexibility index (Phi) is 3.63. The molecule has 0 aliphatic heterocycles. The van der Waals surface area contributed by atoms with Crippen LogP contribution in [-0.4, -0.2) is 0 Å². The van der Waals surface area contributed by atoms with Gasteiger partial charge in [-0.3, -0.25) is 0 Å². The first-order valence-electron chi connectivity index (χ1n) is 7.87. The first-order valence-corrected chi connectivity index (χ1v) is 7.87. The minimum absolute atomic E-state index is 0.587. The molecule has 17 heavy (non-hydrogen) atoms. The molecule has 0 N–H and O–H groups in total. The van der Waals surface area contributed by atoms with Crippen molar-refractivity contribution < 1.29 is 0 Å². The minimum atomic E-state index is 0.587. The number of fused-ring (bicyclic) bond motifs is 1. The molecule has 2 unspecified atom stereocenters. The van der Waals surface area contributed by atoms with Gasteiger partial charge in [0.05, 0.1) is 0 Å². The summed E-state index contributed by atoms with van der Waals surface area (Å²) in [6, 6.07) is 0. The number of hydrogen-bond acceptors (Lipinski definition) is 0. The zero-order chi connectivity index (χ0) is 12.6. The molecule has 0 amide bonds. The van der Waals surface area contributed by atoms with Crippen LogP contribution in [0.2, 0.25) is 0 Å². The lowest BCUT2D eigenvalue weighted by Gasteiger charge is -2.44. The van der Waals surface area contributed by atoms with Gasteiger partial charge in [0, 0.05) is 0 Å². The summed E-state index contributed by atoms with van der Waals surface area (Å²) in [5, 5.41) is 0. The van der Waals surface area contributed by atoms with Crippen molar-refractivity contribution in [2.75, 3.05) is 0 Å². The second-order valence-corrected chi connectivity index (χ2v) is 8.20. The van der Waals surface area contributed by atoms with Crippen LogP contribution in [0.15, 0.2) is 0 Å². The van der Waals surface area contributed by atoms with Crippen molar-refractivity contribution in [1.29, 1.82) is 0 Å². The first-order chi connectivity index (χ1) is 7.87. The monoisotopic (exact) mass is 236 g/mol. The van der Waals surface area contributed by atoms with E-state index in [1.807, 2.05) is 0 Å². The normalized spacial score (nSPS) is 43.1. The Hall–Kier alpha value is 0. The van der Waals surface area contributed by atoms with E-state index in [-0.39, 0.29) is 0 Å². The van der Waals surface area contributed by atoms with Crippen molar-refractivity contribution in [3.05, 3.63) is 0 Å². The Morgan fingerprint density at radius 1 is 0.471 bits per heavy atom. The lowest BCUT2D eigenvalue weighted by molar-refractivity contribution is 0.0615. The SMILES string of the molecule is CC1(C)CCCCCC2(C)CCCC2(C)CC1. The molecule has 2 aliphatic carbocycles. The third-order valence-corrected chi connectivity index (χ3v) is 6.35. The number of rotatable bonds is 0. The Morgan fingerprint density at radius 3 is 1.71 bits per heavy atom. The van der Waals surface area contributed by atoms with E-state index in [1.54, 1.807) is 0 Å². The van der Waals surface area contributed by atoms with E-state index in [4.69, 9.17) is 0 Å². The Labute approximate surface area is 109 Å². The van der Waals surface area contributed by atoms with E-state index >= 15 is 0 Å². The van der Waals surface area contributed by atoms with Gasteiger partial charge in [-0.2, -0.15) is 0 Å². The molecule has 100 valence electrons. The molecule has 2 rings (SSSR count). The number of hydrogen-bond donors (Lipinski definition) is 0. The summed E-state index contributed by atoms with van der Waals surface area (Å²) < 4.78 is 0. The molecule has 0 nitrogen and oxygen atoms in total. The summed E-state index contributed by atoms with van der Waals surface area (Å²) in [7, 11) is 0. The maximum absolute atomic E-state index is 2.59. The van der Waals surface area contributed by atoms with Gasteiger partial charge in [-0.15, -0.1) is 0 Å². The van der Waals surface area contributed by atoms with Crippen molar-refractivity contribution in [3.63, 3.8) is 0 Å². The maximum atomic E-state index is 2.59. The van der Waals surface area contributed by atoms with E-state index < -0.39 is 0 Å². The molecule has 0 aromatic carbocycles. The quantitative estimate of drug-likeness (QED) is 0.487. The van der Waals surface area contributed by atoms with Gasteiger partial charge in [-0.25, -0.2) is 0 Å². The summed E-state index contributed by atoms with van der Waals surface area (Å²) >= 11 is 0. The average molecular weight is 236 g/mol. The van der Waals surface area contributed by atoms with Crippen LogP contribution >= 0.6 is 0 Å². The maximum Gasteiger partial charge on any atom is -0.0272 e. The molecule has 0 heterocycles. The average Bonchev–Trinajstić information content (AvgIpc) is 2.53. The predicted molar refractivity (Wildman–Crippen MR) is 76.2 cm³/mol. The summed E-state index contributed by atoms with van der Waals surface area (Å²) in [6.07, 6.45) is 14.7. The van der Waals surface area contributed by atoms with Crippen LogP contribution in [0.4, 0.5) is 0 Å². The Bertz CT molecular complexity index is 265. The fraction of sp³-hybridized carbons (Fsp3) is 1.00. The van der Waals surface area contributed by atoms with Gasteiger partial charge >= 0.3 is 0 Å². The molecule has 0 heteroatoms. The van der Waals surface area contributed by atoms with Crippen LogP contribution in [0.1, 0.15) is 91.9 Å². The van der Waals surface area contributed by atoms with E-state index in [1.165, 1.54) is 64.2 Å². The summed E-state index contributed by atoms with van der Waals surface area (Å²) in [6.45, 7) is 10.2. The molecule has 2 aliphatic rings. The second-order valence-electron chi connectivity index (χ2n) is 8.20. The standard InChI is InChI=1S/C17H32/c1-15(2)9-6-5-7-10-16(3)11-8-12-17(16,4)14-13-15/h5-14H2,1-4H3. The van der Waals surface area contributed by atoms with Crippen molar-refractivity contribution >= 4 is 0 Å². The van der Waals surface area contributed by atoms with Crippen LogP contribution in [0.3, 0.4) is 0 Å². The van der Waals surface area contributed by atoms with Gasteiger partial charge < -0.3 is 0 Å². The van der Waals surface area contributed by atoms with Gasteiger partial charge in [-0.1, -0.05) is 53.4 Å². The fourth-order valence-electron chi connectivity index (χ4n) is 4.36.